The van der Waals surface area contributed by atoms with E-state index in [-0.39, 0.29) is 17.6 Å². The van der Waals surface area contributed by atoms with Gasteiger partial charge >= 0.3 is 35.7 Å². The Morgan fingerprint density at radius 3 is 1.80 bits per heavy atom. The number of esters is 2. The molecule has 0 radical (unpaired) electrons. The number of aromatic nitrogens is 2. The van der Waals surface area contributed by atoms with Crippen LogP contribution in [0.25, 0.3) is 0 Å². The van der Waals surface area contributed by atoms with E-state index < -0.39 is 95.9 Å². The number of halogens is 2. The van der Waals surface area contributed by atoms with Crippen LogP contribution in [-0.4, -0.2) is 87.6 Å². The summed E-state index contributed by atoms with van der Waals surface area (Å²) in [6, 6.07) is -1.59. The Morgan fingerprint density at radius 1 is 0.873 bits per heavy atom. The Bertz CT molecular complexity index is 1550. The van der Waals surface area contributed by atoms with Crippen LogP contribution in [0, 0.1) is 17.8 Å². The number of alkyl carbamates (subject to hydrolysis) is 2. The molecule has 3 N–H and O–H groups in total. The van der Waals surface area contributed by atoms with E-state index in [0.717, 1.165) is 25.1 Å². The number of hydrogen-bond acceptors (Lipinski definition) is 12. The van der Waals surface area contributed by atoms with Crippen LogP contribution in [-0.2, 0) is 38.1 Å². The molecule has 1 aromatic rings. The van der Waals surface area contributed by atoms with Crippen molar-refractivity contribution in [2.24, 2.45) is 17.8 Å². The first kappa shape index (κ1) is 46.8. The van der Waals surface area contributed by atoms with Crippen LogP contribution in [0.3, 0.4) is 0 Å². The summed E-state index contributed by atoms with van der Waals surface area (Å²) >= 11 is 0. The van der Waals surface area contributed by atoms with Gasteiger partial charge in [0.15, 0.2) is 6.10 Å². The standard InChI is InChI=1S/C37H59F2N5O11/c1-13-15-22(16-14-2)28(45)40-24-17-18-44(32(48)41-24)31-37(38,39)27(53-30(47)26(21(5)6)43-34(50)55-36(10,11)12)23(52-31)19-51-29(46)25(20(3)4)42-33(49)54-35(7,8)9/h17-18,20-23,25-27,31H,13-16,19H2,1-12H3,(H,42,49)(H,43,50)(H,40,41,45,48)/t23-,25-,26+,27-,31-/m1/s1. The molecule has 0 aromatic carbocycles. The molecule has 1 aliphatic heterocycles. The van der Waals surface area contributed by atoms with E-state index in [1.807, 2.05) is 13.8 Å². The first-order valence-electron chi connectivity index (χ1n) is 18.6. The van der Waals surface area contributed by atoms with Gasteiger partial charge in [-0.15, -0.1) is 0 Å². The maximum Gasteiger partial charge on any atom is 0.408 e. The number of nitrogens with zero attached hydrogens (tertiary/aromatic N) is 2. The Labute approximate surface area is 321 Å². The second-order valence-corrected chi connectivity index (χ2v) is 16.2. The normalized spacial score (nSPS) is 19.4. The quantitative estimate of drug-likeness (QED) is 0.141. The molecular weight excluding hydrogens is 728 g/mol. The highest BCUT2D eigenvalue weighted by molar-refractivity contribution is 5.91. The number of carbonyl (C=O) groups is 5. The van der Waals surface area contributed by atoms with Crippen molar-refractivity contribution in [3.8, 4) is 0 Å². The van der Waals surface area contributed by atoms with Gasteiger partial charge in [-0.05, 0) is 72.3 Å². The number of carbonyl (C=O) groups excluding carboxylic acids is 5. The molecule has 0 saturated carbocycles. The number of rotatable bonds is 16. The fraction of sp³-hybridized carbons (Fsp3) is 0.757. The molecule has 55 heavy (non-hydrogen) atoms. The first-order valence-corrected chi connectivity index (χ1v) is 18.6. The molecule has 0 bridgehead atoms. The van der Waals surface area contributed by atoms with Crippen LogP contribution in [0.4, 0.5) is 24.2 Å². The summed E-state index contributed by atoms with van der Waals surface area (Å²) in [5.74, 6) is -8.55. The molecule has 0 spiro atoms. The minimum Gasteiger partial charge on any atom is -0.461 e. The van der Waals surface area contributed by atoms with Gasteiger partial charge in [0.05, 0.1) is 0 Å². The summed E-state index contributed by atoms with van der Waals surface area (Å²) < 4.78 is 60.1. The Kier molecular flexibility index (Phi) is 16.6. The minimum absolute atomic E-state index is 0.163. The SMILES string of the molecule is CCCC(CCC)C(=O)Nc1ccn([C@@H]2O[C@H](COC(=O)[C@H](NC(=O)OC(C)(C)C)C(C)C)[C@@H](OC(=O)[C@@H](NC(=O)OC(C)(C)C)C(C)C)C2(F)F)c(=O)n1. The van der Waals surface area contributed by atoms with Crippen LogP contribution in [0.2, 0.25) is 0 Å². The summed E-state index contributed by atoms with van der Waals surface area (Å²) in [4.78, 5) is 81.5. The van der Waals surface area contributed by atoms with Gasteiger partial charge in [0.25, 0.3) is 0 Å². The van der Waals surface area contributed by atoms with Crippen molar-refractivity contribution < 1.29 is 56.4 Å². The van der Waals surface area contributed by atoms with Gasteiger partial charge in [0.2, 0.25) is 12.1 Å². The van der Waals surface area contributed by atoms with E-state index in [0.29, 0.717) is 17.4 Å². The summed E-state index contributed by atoms with van der Waals surface area (Å²) in [5, 5.41) is 7.31. The number of ether oxygens (including phenoxy) is 5. The van der Waals surface area contributed by atoms with Gasteiger partial charge in [0.1, 0.15) is 41.8 Å². The fourth-order valence-corrected chi connectivity index (χ4v) is 5.56. The lowest BCUT2D eigenvalue weighted by Crippen LogP contribution is -2.52. The van der Waals surface area contributed by atoms with Crippen molar-refractivity contribution in [3.63, 3.8) is 0 Å². The zero-order chi connectivity index (χ0) is 42.1. The molecule has 3 amide bonds. The van der Waals surface area contributed by atoms with Crippen molar-refractivity contribution in [3.05, 3.63) is 22.7 Å². The number of alkyl halides is 2. The molecule has 5 atom stereocenters. The van der Waals surface area contributed by atoms with Gasteiger partial charge < -0.3 is 39.6 Å². The smallest absolute Gasteiger partial charge is 0.408 e. The molecule has 2 rings (SSSR count). The summed E-state index contributed by atoms with van der Waals surface area (Å²) in [6.07, 6.45) is -5.04. The third-order valence-corrected chi connectivity index (χ3v) is 8.15. The number of hydrogen-bond donors (Lipinski definition) is 3. The predicted octanol–water partition coefficient (Wildman–Crippen LogP) is 5.48. The van der Waals surface area contributed by atoms with Crippen molar-refractivity contribution in [1.29, 1.82) is 0 Å². The molecule has 1 saturated heterocycles. The highest BCUT2D eigenvalue weighted by Gasteiger charge is 2.63. The molecule has 0 unspecified atom stereocenters. The number of anilines is 1. The average molecular weight is 788 g/mol. The van der Waals surface area contributed by atoms with Gasteiger partial charge in [-0.3, -0.25) is 9.36 Å². The second kappa shape index (κ2) is 19.5. The van der Waals surface area contributed by atoms with Crippen molar-refractivity contribution >= 4 is 35.9 Å². The lowest BCUT2D eigenvalue weighted by Gasteiger charge is -2.29. The Hall–Kier alpha value is -4.35. The van der Waals surface area contributed by atoms with Crippen LogP contribution < -0.4 is 21.6 Å². The van der Waals surface area contributed by atoms with E-state index in [9.17, 15) is 28.8 Å². The molecule has 1 aliphatic rings. The van der Waals surface area contributed by atoms with Gasteiger partial charge in [0, 0.05) is 12.1 Å². The van der Waals surface area contributed by atoms with Crippen molar-refractivity contribution in [1.82, 2.24) is 20.2 Å². The van der Waals surface area contributed by atoms with E-state index in [2.05, 4.69) is 20.9 Å². The predicted molar refractivity (Wildman–Crippen MR) is 196 cm³/mol. The van der Waals surface area contributed by atoms with Gasteiger partial charge in [-0.1, -0.05) is 54.4 Å². The van der Waals surface area contributed by atoms with E-state index in [4.69, 9.17) is 23.7 Å². The van der Waals surface area contributed by atoms with E-state index in [1.54, 1.807) is 55.4 Å². The zero-order valence-corrected chi connectivity index (χ0v) is 34.0. The molecule has 0 aliphatic carbocycles. The van der Waals surface area contributed by atoms with Gasteiger partial charge in [-0.2, -0.15) is 13.8 Å². The third kappa shape index (κ3) is 14.0. The minimum atomic E-state index is -4.16. The molecule has 18 heteroatoms. The largest absolute Gasteiger partial charge is 0.461 e. The van der Waals surface area contributed by atoms with Crippen LogP contribution in [0.1, 0.15) is 115 Å². The molecule has 1 aromatic heterocycles. The highest BCUT2D eigenvalue weighted by atomic mass is 19.3. The Morgan fingerprint density at radius 2 is 1.36 bits per heavy atom. The molecule has 312 valence electrons. The number of amides is 3. The topological polar surface area (TPSA) is 202 Å². The summed E-state index contributed by atoms with van der Waals surface area (Å²) in [6.45, 7) is 18.9. The molecule has 2 heterocycles. The molecule has 16 nitrogen and oxygen atoms in total. The van der Waals surface area contributed by atoms with E-state index in [1.165, 1.54) is 13.8 Å². The molecule has 1 fully saturated rings. The highest BCUT2D eigenvalue weighted by Crippen LogP contribution is 2.44. The lowest BCUT2D eigenvalue weighted by atomic mass is 9.97. The van der Waals surface area contributed by atoms with Crippen LogP contribution in [0.15, 0.2) is 17.1 Å². The summed E-state index contributed by atoms with van der Waals surface area (Å²) in [5.41, 5.74) is -3.05. The van der Waals surface area contributed by atoms with Crippen molar-refractivity contribution in [2.75, 3.05) is 11.9 Å². The first-order chi connectivity index (χ1) is 25.3. The molecular formula is C37H59F2N5O11. The fourth-order valence-electron chi connectivity index (χ4n) is 5.56. The maximum atomic E-state index is 16.4. The second-order valence-electron chi connectivity index (χ2n) is 16.2. The summed E-state index contributed by atoms with van der Waals surface area (Å²) in [7, 11) is 0. The van der Waals surface area contributed by atoms with Crippen LogP contribution >= 0.6 is 0 Å². The number of nitrogens with one attached hydrogen (secondary N) is 3. The van der Waals surface area contributed by atoms with Crippen molar-refractivity contribution in [2.45, 2.75) is 156 Å². The third-order valence-electron chi connectivity index (χ3n) is 8.15. The zero-order valence-electron chi connectivity index (χ0n) is 34.0. The Balaban J connectivity index is 2.46. The van der Waals surface area contributed by atoms with Gasteiger partial charge in [-0.25, -0.2) is 24.0 Å². The maximum absolute atomic E-state index is 16.4. The monoisotopic (exact) mass is 787 g/mol. The average Bonchev–Trinajstić information content (AvgIpc) is 3.27. The lowest BCUT2D eigenvalue weighted by molar-refractivity contribution is -0.180. The van der Waals surface area contributed by atoms with Crippen LogP contribution in [0.5, 0.6) is 0 Å². The van der Waals surface area contributed by atoms with E-state index >= 15 is 8.78 Å².